The largest absolute Gasteiger partial charge is 0.357 e. The number of hydrogen-bond donors (Lipinski definition) is 2. The molecule has 3 aromatic rings. The molecule has 5 heteroatoms. The summed E-state index contributed by atoms with van der Waals surface area (Å²) in [6.07, 6.45) is 0. The Hall–Kier alpha value is -2.53. The number of H-pyrrole nitrogens is 1. The van der Waals surface area contributed by atoms with Gasteiger partial charge in [-0.05, 0) is 61.7 Å². The van der Waals surface area contributed by atoms with E-state index in [1.54, 1.807) is 6.07 Å². The van der Waals surface area contributed by atoms with Crippen LogP contribution in [0.15, 0.2) is 47.3 Å². The Morgan fingerprint density at radius 2 is 1.73 bits per heavy atom. The fourth-order valence-corrected chi connectivity index (χ4v) is 3.73. The minimum Gasteiger partial charge on any atom is -0.357 e. The summed E-state index contributed by atoms with van der Waals surface area (Å²) in [4.78, 5) is 27.6. The van der Waals surface area contributed by atoms with Crippen molar-refractivity contribution in [2.24, 2.45) is 0 Å². The number of hydrogen-bond acceptors (Lipinski definition) is 3. The van der Waals surface area contributed by atoms with Crippen LogP contribution in [0.3, 0.4) is 0 Å². The lowest BCUT2D eigenvalue weighted by molar-refractivity contribution is -0.113. The fourth-order valence-electron chi connectivity index (χ4n) is 3.00. The predicted octanol–water partition coefficient (Wildman–Crippen LogP) is 4.33. The number of thioether (sulfide) groups is 1. The van der Waals surface area contributed by atoms with Crippen molar-refractivity contribution in [3.8, 4) is 0 Å². The van der Waals surface area contributed by atoms with Crippen molar-refractivity contribution in [2.45, 2.75) is 26.5 Å². The van der Waals surface area contributed by atoms with Gasteiger partial charge >= 0.3 is 0 Å². The molecule has 2 aromatic carbocycles. The zero-order valence-corrected chi connectivity index (χ0v) is 16.0. The van der Waals surface area contributed by atoms with E-state index in [1.807, 2.05) is 51.1 Å². The topological polar surface area (TPSA) is 62.0 Å². The molecule has 0 unspecified atom stereocenters. The van der Waals surface area contributed by atoms with Gasteiger partial charge in [-0.2, -0.15) is 0 Å². The Morgan fingerprint density at radius 1 is 1.00 bits per heavy atom. The van der Waals surface area contributed by atoms with Gasteiger partial charge in [0.2, 0.25) is 5.91 Å². The van der Waals surface area contributed by atoms with E-state index < -0.39 is 0 Å². The van der Waals surface area contributed by atoms with Crippen LogP contribution in [0.4, 0.5) is 5.69 Å². The first-order chi connectivity index (χ1) is 12.4. The number of aromatic nitrogens is 1. The molecule has 0 aliphatic rings. The van der Waals surface area contributed by atoms with Crippen LogP contribution < -0.4 is 10.7 Å². The van der Waals surface area contributed by atoms with Gasteiger partial charge in [-0.3, -0.25) is 9.59 Å². The highest BCUT2D eigenvalue weighted by molar-refractivity contribution is 7.99. The third-order valence-electron chi connectivity index (χ3n) is 4.04. The molecule has 0 fully saturated rings. The van der Waals surface area contributed by atoms with Crippen LogP contribution in [0.2, 0.25) is 0 Å². The number of aromatic amines is 1. The molecule has 0 bridgehead atoms. The summed E-state index contributed by atoms with van der Waals surface area (Å²) >= 11 is 1.48. The molecule has 0 aliphatic heterocycles. The Bertz CT molecular complexity index is 1000. The van der Waals surface area contributed by atoms with Crippen molar-refractivity contribution in [1.29, 1.82) is 0 Å². The maximum atomic E-state index is 12.2. The highest BCUT2D eigenvalue weighted by Gasteiger charge is 2.06. The van der Waals surface area contributed by atoms with E-state index in [0.29, 0.717) is 16.9 Å². The SMILES string of the molecule is Cc1cc(C)cc(NC(=O)CSCc2cc(=O)c3ccc(C)cc3[nH]2)c1. The number of benzene rings is 2. The molecular formula is C21H22N2O2S. The van der Waals surface area contributed by atoms with Gasteiger partial charge in [0.25, 0.3) is 0 Å². The Balaban J connectivity index is 1.61. The number of carbonyl (C=O) groups excluding carboxylic acids is 1. The van der Waals surface area contributed by atoms with Crippen molar-refractivity contribution in [1.82, 2.24) is 4.98 Å². The van der Waals surface area contributed by atoms with Crippen LogP contribution in [-0.2, 0) is 10.5 Å². The molecule has 1 heterocycles. The third kappa shape index (κ3) is 4.55. The van der Waals surface area contributed by atoms with Crippen molar-refractivity contribution >= 4 is 34.3 Å². The lowest BCUT2D eigenvalue weighted by Gasteiger charge is -2.08. The van der Waals surface area contributed by atoms with Crippen molar-refractivity contribution < 1.29 is 4.79 Å². The van der Waals surface area contributed by atoms with Gasteiger partial charge in [-0.1, -0.05) is 12.1 Å². The lowest BCUT2D eigenvalue weighted by atomic mass is 10.1. The Labute approximate surface area is 157 Å². The first-order valence-corrected chi connectivity index (χ1v) is 9.64. The number of rotatable bonds is 5. The molecule has 4 nitrogen and oxygen atoms in total. The summed E-state index contributed by atoms with van der Waals surface area (Å²) in [5, 5.41) is 3.62. The minimum absolute atomic E-state index is 0.00837. The minimum atomic E-state index is -0.0426. The van der Waals surface area contributed by atoms with E-state index >= 15 is 0 Å². The summed E-state index contributed by atoms with van der Waals surface area (Å²) in [7, 11) is 0. The fraction of sp³-hybridized carbons (Fsp3) is 0.238. The maximum Gasteiger partial charge on any atom is 0.234 e. The smallest absolute Gasteiger partial charge is 0.234 e. The average Bonchev–Trinajstić information content (AvgIpc) is 2.53. The van der Waals surface area contributed by atoms with Gasteiger partial charge in [-0.25, -0.2) is 0 Å². The van der Waals surface area contributed by atoms with Crippen LogP contribution >= 0.6 is 11.8 Å². The van der Waals surface area contributed by atoms with E-state index in [2.05, 4.69) is 16.4 Å². The predicted molar refractivity (Wildman–Crippen MR) is 110 cm³/mol. The van der Waals surface area contributed by atoms with Crippen LogP contribution in [0.25, 0.3) is 10.9 Å². The summed E-state index contributed by atoms with van der Waals surface area (Å²) in [5.41, 5.74) is 5.85. The van der Waals surface area contributed by atoms with E-state index in [0.717, 1.165) is 33.6 Å². The molecule has 0 radical (unpaired) electrons. The van der Waals surface area contributed by atoms with Crippen molar-refractivity contribution in [3.63, 3.8) is 0 Å². The van der Waals surface area contributed by atoms with Crippen LogP contribution in [0.1, 0.15) is 22.4 Å². The number of fused-ring (bicyclic) bond motifs is 1. The van der Waals surface area contributed by atoms with Gasteiger partial charge in [-0.15, -0.1) is 11.8 Å². The second-order valence-corrected chi connectivity index (χ2v) is 7.61. The van der Waals surface area contributed by atoms with E-state index in [4.69, 9.17) is 0 Å². The summed E-state index contributed by atoms with van der Waals surface area (Å²) in [6, 6.07) is 13.4. The normalized spacial score (nSPS) is 10.9. The van der Waals surface area contributed by atoms with Crippen molar-refractivity contribution in [3.05, 3.63) is 75.1 Å². The van der Waals surface area contributed by atoms with Gasteiger partial charge in [0.15, 0.2) is 5.43 Å². The number of aryl methyl sites for hydroxylation is 3. The molecule has 1 amide bonds. The lowest BCUT2D eigenvalue weighted by Crippen LogP contribution is -2.14. The van der Waals surface area contributed by atoms with Gasteiger partial charge in [0.05, 0.1) is 5.75 Å². The molecule has 134 valence electrons. The van der Waals surface area contributed by atoms with Crippen LogP contribution in [0.5, 0.6) is 0 Å². The summed E-state index contributed by atoms with van der Waals surface area (Å²) in [5.74, 6) is 0.874. The molecule has 0 atom stereocenters. The molecule has 0 spiro atoms. The average molecular weight is 366 g/mol. The standard InChI is InChI=1S/C21H22N2O2S/c1-13-4-5-18-19(9-13)22-17(10-20(18)24)11-26-12-21(25)23-16-7-14(2)6-15(3)8-16/h4-10H,11-12H2,1-3H3,(H,22,24)(H,23,25). The van der Waals surface area contributed by atoms with E-state index in [-0.39, 0.29) is 11.3 Å². The van der Waals surface area contributed by atoms with Crippen LogP contribution in [-0.4, -0.2) is 16.6 Å². The monoisotopic (exact) mass is 366 g/mol. The van der Waals surface area contributed by atoms with Gasteiger partial charge in [0.1, 0.15) is 0 Å². The van der Waals surface area contributed by atoms with E-state index in [9.17, 15) is 9.59 Å². The molecular weight excluding hydrogens is 344 g/mol. The Morgan fingerprint density at radius 3 is 2.46 bits per heavy atom. The highest BCUT2D eigenvalue weighted by Crippen LogP contribution is 2.16. The summed E-state index contributed by atoms with van der Waals surface area (Å²) in [6.45, 7) is 6.01. The second-order valence-electron chi connectivity index (χ2n) is 6.63. The molecule has 0 saturated carbocycles. The van der Waals surface area contributed by atoms with Crippen molar-refractivity contribution in [2.75, 3.05) is 11.1 Å². The molecule has 3 rings (SSSR count). The number of nitrogens with one attached hydrogen (secondary N) is 2. The zero-order chi connectivity index (χ0) is 18.7. The number of amides is 1. The maximum absolute atomic E-state index is 12.2. The number of carbonyl (C=O) groups is 1. The molecule has 2 N–H and O–H groups in total. The molecule has 26 heavy (non-hydrogen) atoms. The van der Waals surface area contributed by atoms with E-state index in [1.165, 1.54) is 11.8 Å². The Kier molecular flexibility index (Phi) is 5.47. The van der Waals surface area contributed by atoms with Crippen LogP contribution in [0, 0.1) is 20.8 Å². The first kappa shape index (κ1) is 18.3. The van der Waals surface area contributed by atoms with Gasteiger partial charge < -0.3 is 10.3 Å². The number of pyridine rings is 1. The third-order valence-corrected chi connectivity index (χ3v) is 5.02. The zero-order valence-electron chi connectivity index (χ0n) is 15.2. The highest BCUT2D eigenvalue weighted by atomic mass is 32.2. The molecule has 1 aromatic heterocycles. The van der Waals surface area contributed by atoms with Gasteiger partial charge in [0, 0.05) is 34.1 Å². The first-order valence-electron chi connectivity index (χ1n) is 8.49. The second kappa shape index (κ2) is 7.79. The molecule has 0 saturated heterocycles. The molecule has 0 aliphatic carbocycles. The summed E-state index contributed by atoms with van der Waals surface area (Å²) < 4.78 is 0. The number of anilines is 1. The quantitative estimate of drug-likeness (QED) is 0.707.